The maximum absolute atomic E-state index is 5.46. The van der Waals surface area contributed by atoms with Crippen LogP contribution in [0.4, 0.5) is 0 Å². The molecule has 0 aliphatic carbocycles. The molecular weight excluding hydrogens is 160 g/mol. The predicted molar refractivity (Wildman–Crippen MR) is 61.1 cm³/mol. The summed E-state index contributed by atoms with van der Waals surface area (Å²) in [6.07, 6.45) is 4.18. The van der Waals surface area contributed by atoms with Gasteiger partial charge in [-0.25, -0.2) is 0 Å². The number of ether oxygens (including phenoxy) is 1. The lowest BCUT2D eigenvalue weighted by Crippen LogP contribution is -2.07. The van der Waals surface area contributed by atoms with E-state index in [1.165, 1.54) is 19.3 Å². The monoisotopic (exact) mass is 188 g/mol. The molecule has 0 aliphatic heterocycles. The highest BCUT2D eigenvalue weighted by Gasteiger charge is 2.08. The highest BCUT2D eigenvalue weighted by Crippen LogP contribution is 2.21. The molecule has 0 aliphatic rings. The van der Waals surface area contributed by atoms with Gasteiger partial charge in [0.25, 0.3) is 0 Å². The van der Waals surface area contributed by atoms with Crippen molar-refractivity contribution in [1.82, 2.24) is 0 Å². The Bertz CT molecular complexity index is 100. The van der Waals surface area contributed by atoms with Gasteiger partial charge in [0, 0.05) is 6.61 Å². The molecule has 0 atom stereocenters. The average Bonchev–Trinajstić information content (AvgIpc) is 1.83. The van der Waals surface area contributed by atoms with Crippen LogP contribution < -0.4 is 0 Å². The summed E-state index contributed by atoms with van der Waals surface area (Å²) >= 11 is 0. The molecule has 0 aromatic carbocycles. The quantitative estimate of drug-likeness (QED) is 0.586. The SMILES string of the molecule is C.CC(C)OCCCCC(C)(C)C. The Morgan fingerprint density at radius 3 is 2.00 bits per heavy atom. The van der Waals surface area contributed by atoms with Gasteiger partial charge in [0.2, 0.25) is 0 Å². The third-order valence-corrected chi connectivity index (χ3v) is 1.77. The van der Waals surface area contributed by atoms with E-state index >= 15 is 0 Å². The topological polar surface area (TPSA) is 9.23 Å². The van der Waals surface area contributed by atoms with E-state index in [1.54, 1.807) is 0 Å². The molecule has 13 heavy (non-hydrogen) atoms. The van der Waals surface area contributed by atoms with Crippen molar-refractivity contribution >= 4 is 0 Å². The summed E-state index contributed by atoms with van der Waals surface area (Å²) in [5.74, 6) is 0. The lowest BCUT2D eigenvalue weighted by molar-refractivity contribution is 0.0744. The molecule has 0 spiro atoms. The zero-order valence-electron chi connectivity index (χ0n) is 9.31. The van der Waals surface area contributed by atoms with Gasteiger partial charge in [-0.3, -0.25) is 0 Å². The zero-order valence-corrected chi connectivity index (χ0v) is 9.31. The van der Waals surface area contributed by atoms with Crippen molar-refractivity contribution in [3.05, 3.63) is 0 Å². The van der Waals surface area contributed by atoms with E-state index in [-0.39, 0.29) is 7.43 Å². The molecule has 0 saturated heterocycles. The Morgan fingerprint density at radius 2 is 1.62 bits per heavy atom. The minimum Gasteiger partial charge on any atom is -0.379 e. The van der Waals surface area contributed by atoms with Crippen LogP contribution in [0.1, 0.15) is 61.3 Å². The van der Waals surface area contributed by atoms with Crippen LogP contribution in [-0.2, 0) is 4.74 Å². The third-order valence-electron chi connectivity index (χ3n) is 1.77. The van der Waals surface area contributed by atoms with Crippen LogP contribution in [0.2, 0.25) is 0 Å². The second-order valence-corrected chi connectivity index (χ2v) is 4.94. The van der Waals surface area contributed by atoms with Crippen LogP contribution in [0.25, 0.3) is 0 Å². The van der Waals surface area contributed by atoms with Gasteiger partial charge < -0.3 is 4.74 Å². The highest BCUT2D eigenvalue weighted by atomic mass is 16.5. The Balaban J connectivity index is 0. The van der Waals surface area contributed by atoms with E-state index in [4.69, 9.17) is 4.74 Å². The summed E-state index contributed by atoms with van der Waals surface area (Å²) in [5, 5.41) is 0. The molecule has 0 unspecified atom stereocenters. The van der Waals surface area contributed by atoms with Gasteiger partial charge in [-0.2, -0.15) is 0 Å². The Kier molecular flexibility index (Phi) is 8.75. The molecule has 0 N–H and O–H groups in total. The Hall–Kier alpha value is -0.0400. The first-order valence-electron chi connectivity index (χ1n) is 5.03. The van der Waals surface area contributed by atoms with E-state index in [0.29, 0.717) is 11.5 Å². The predicted octanol–water partition coefficient (Wildman–Crippen LogP) is 4.26. The normalized spacial score (nSPS) is 11.5. The van der Waals surface area contributed by atoms with Crippen molar-refractivity contribution in [2.45, 2.75) is 67.4 Å². The minimum atomic E-state index is 0. The summed E-state index contributed by atoms with van der Waals surface area (Å²) in [6.45, 7) is 12.0. The van der Waals surface area contributed by atoms with E-state index in [0.717, 1.165) is 6.61 Å². The van der Waals surface area contributed by atoms with Crippen molar-refractivity contribution in [2.24, 2.45) is 5.41 Å². The molecule has 1 heteroatoms. The van der Waals surface area contributed by atoms with Gasteiger partial charge in [0.05, 0.1) is 6.10 Å². The minimum absolute atomic E-state index is 0. The van der Waals surface area contributed by atoms with Crippen molar-refractivity contribution in [2.75, 3.05) is 6.61 Å². The van der Waals surface area contributed by atoms with Crippen LogP contribution in [-0.4, -0.2) is 12.7 Å². The van der Waals surface area contributed by atoms with E-state index in [9.17, 15) is 0 Å². The standard InChI is InChI=1S/C11H24O.CH4/c1-10(2)12-9-7-6-8-11(3,4)5;/h10H,6-9H2,1-5H3;1H4. The van der Waals surface area contributed by atoms with Crippen molar-refractivity contribution in [3.8, 4) is 0 Å². The Labute approximate surface area is 84.9 Å². The maximum atomic E-state index is 5.46. The molecule has 1 nitrogen and oxygen atoms in total. The molecule has 0 fully saturated rings. The molecular formula is C12H28O. The molecule has 0 radical (unpaired) electrons. The van der Waals surface area contributed by atoms with Crippen molar-refractivity contribution in [1.29, 1.82) is 0 Å². The van der Waals surface area contributed by atoms with Gasteiger partial charge in [0.15, 0.2) is 0 Å². The van der Waals surface area contributed by atoms with E-state index < -0.39 is 0 Å². The number of unbranched alkanes of at least 4 members (excludes halogenated alkanes) is 1. The lowest BCUT2D eigenvalue weighted by Gasteiger charge is -2.17. The zero-order chi connectivity index (χ0) is 9.61. The van der Waals surface area contributed by atoms with Gasteiger partial charge in [-0.05, 0) is 32.1 Å². The number of hydrogen-bond donors (Lipinski definition) is 0. The van der Waals surface area contributed by atoms with Gasteiger partial charge in [-0.1, -0.05) is 34.6 Å². The fourth-order valence-corrected chi connectivity index (χ4v) is 1.08. The van der Waals surface area contributed by atoms with E-state index in [2.05, 4.69) is 34.6 Å². The molecule has 0 heterocycles. The molecule has 0 saturated carbocycles. The van der Waals surface area contributed by atoms with Crippen LogP contribution in [0.5, 0.6) is 0 Å². The molecule has 0 rings (SSSR count). The summed E-state index contributed by atoms with van der Waals surface area (Å²) in [4.78, 5) is 0. The summed E-state index contributed by atoms with van der Waals surface area (Å²) < 4.78 is 5.46. The fraction of sp³-hybridized carbons (Fsp3) is 1.00. The second-order valence-electron chi connectivity index (χ2n) is 4.94. The van der Waals surface area contributed by atoms with Gasteiger partial charge >= 0.3 is 0 Å². The Morgan fingerprint density at radius 1 is 1.08 bits per heavy atom. The first-order valence-corrected chi connectivity index (χ1v) is 5.03. The van der Waals surface area contributed by atoms with Crippen LogP contribution in [0, 0.1) is 5.41 Å². The number of hydrogen-bond acceptors (Lipinski definition) is 1. The molecule has 82 valence electrons. The van der Waals surface area contributed by atoms with E-state index in [1.807, 2.05) is 0 Å². The van der Waals surface area contributed by atoms with Crippen LogP contribution >= 0.6 is 0 Å². The first-order chi connectivity index (χ1) is 5.42. The van der Waals surface area contributed by atoms with Gasteiger partial charge in [0.1, 0.15) is 0 Å². The summed E-state index contributed by atoms with van der Waals surface area (Å²) in [5.41, 5.74) is 0.484. The van der Waals surface area contributed by atoms with Gasteiger partial charge in [-0.15, -0.1) is 0 Å². The molecule has 0 bridgehead atoms. The van der Waals surface area contributed by atoms with Crippen LogP contribution in [0.3, 0.4) is 0 Å². The smallest absolute Gasteiger partial charge is 0.0518 e. The molecule has 0 aromatic heterocycles. The maximum Gasteiger partial charge on any atom is 0.0518 e. The summed E-state index contributed by atoms with van der Waals surface area (Å²) in [6, 6.07) is 0. The number of rotatable bonds is 5. The first kappa shape index (κ1) is 15.4. The second kappa shape index (κ2) is 7.37. The van der Waals surface area contributed by atoms with Crippen molar-refractivity contribution in [3.63, 3.8) is 0 Å². The average molecular weight is 188 g/mol. The molecule has 0 aromatic rings. The lowest BCUT2D eigenvalue weighted by atomic mass is 9.90. The third kappa shape index (κ3) is 14.8. The van der Waals surface area contributed by atoms with Crippen molar-refractivity contribution < 1.29 is 4.74 Å². The summed E-state index contributed by atoms with van der Waals surface area (Å²) in [7, 11) is 0. The largest absolute Gasteiger partial charge is 0.379 e. The van der Waals surface area contributed by atoms with Crippen LogP contribution in [0.15, 0.2) is 0 Å². The molecule has 0 amide bonds. The fourth-order valence-electron chi connectivity index (χ4n) is 1.08. The highest BCUT2D eigenvalue weighted by molar-refractivity contribution is 4.60.